The lowest BCUT2D eigenvalue weighted by atomic mass is 10.0. The fraction of sp³-hybridized carbons (Fsp3) is 0.692. The Morgan fingerprint density at radius 1 is 1.25 bits per heavy atom. The van der Waals surface area contributed by atoms with Crippen molar-refractivity contribution >= 4 is 0 Å². The molecule has 0 unspecified atom stereocenters. The summed E-state index contributed by atoms with van der Waals surface area (Å²) in [5.74, 6) is 2.09. The van der Waals surface area contributed by atoms with Gasteiger partial charge in [-0.3, -0.25) is 0 Å². The SMILES string of the molecule is Cc1c(CO)nc(C2CC2)nc1CC(C)C. The van der Waals surface area contributed by atoms with Crippen molar-refractivity contribution in [2.24, 2.45) is 5.92 Å². The molecule has 0 saturated heterocycles. The highest BCUT2D eigenvalue weighted by Crippen LogP contribution is 2.38. The molecule has 1 heterocycles. The Hall–Kier alpha value is -0.960. The molecule has 0 atom stereocenters. The van der Waals surface area contributed by atoms with Gasteiger partial charge in [-0.1, -0.05) is 13.8 Å². The van der Waals surface area contributed by atoms with E-state index in [0.29, 0.717) is 11.8 Å². The van der Waals surface area contributed by atoms with Crippen molar-refractivity contribution in [2.45, 2.75) is 52.6 Å². The van der Waals surface area contributed by atoms with Crippen molar-refractivity contribution in [2.75, 3.05) is 0 Å². The molecule has 1 fully saturated rings. The molecule has 3 nitrogen and oxygen atoms in total. The van der Waals surface area contributed by atoms with E-state index in [2.05, 4.69) is 23.8 Å². The number of hydrogen-bond acceptors (Lipinski definition) is 3. The smallest absolute Gasteiger partial charge is 0.132 e. The second-order valence-corrected chi connectivity index (χ2v) is 5.13. The standard InChI is InChI=1S/C13H20N2O/c1-8(2)6-11-9(3)12(7-16)15-13(14-11)10-4-5-10/h8,10,16H,4-7H2,1-3H3. The second-order valence-electron chi connectivity index (χ2n) is 5.13. The van der Waals surface area contributed by atoms with Crippen LogP contribution in [0.2, 0.25) is 0 Å². The Bertz CT molecular complexity index is 384. The number of rotatable bonds is 4. The fourth-order valence-corrected chi connectivity index (χ4v) is 1.90. The van der Waals surface area contributed by atoms with Crippen LogP contribution in [0.15, 0.2) is 0 Å². The zero-order valence-electron chi connectivity index (χ0n) is 10.3. The van der Waals surface area contributed by atoms with Gasteiger partial charge in [-0.15, -0.1) is 0 Å². The molecule has 1 aromatic heterocycles. The average molecular weight is 220 g/mol. The Balaban J connectivity index is 2.36. The lowest BCUT2D eigenvalue weighted by Crippen LogP contribution is -2.09. The third-order valence-corrected chi connectivity index (χ3v) is 3.06. The van der Waals surface area contributed by atoms with Crippen molar-refractivity contribution < 1.29 is 5.11 Å². The first-order valence-corrected chi connectivity index (χ1v) is 6.09. The molecule has 0 radical (unpaired) electrons. The minimum atomic E-state index is 0.0270. The van der Waals surface area contributed by atoms with E-state index < -0.39 is 0 Å². The Morgan fingerprint density at radius 3 is 2.38 bits per heavy atom. The number of aliphatic hydroxyl groups is 1. The van der Waals surface area contributed by atoms with Crippen molar-refractivity contribution in [3.8, 4) is 0 Å². The van der Waals surface area contributed by atoms with E-state index in [0.717, 1.165) is 29.2 Å². The molecule has 2 rings (SSSR count). The molecule has 0 aromatic carbocycles. The van der Waals surface area contributed by atoms with Crippen molar-refractivity contribution in [1.82, 2.24) is 9.97 Å². The maximum Gasteiger partial charge on any atom is 0.132 e. The summed E-state index contributed by atoms with van der Waals surface area (Å²) in [7, 11) is 0. The highest BCUT2D eigenvalue weighted by molar-refractivity contribution is 5.26. The molecule has 1 aromatic rings. The largest absolute Gasteiger partial charge is 0.390 e. The van der Waals surface area contributed by atoms with Crippen LogP contribution in [-0.4, -0.2) is 15.1 Å². The molecule has 1 N–H and O–H groups in total. The Labute approximate surface area is 96.9 Å². The Kier molecular flexibility index (Phi) is 3.24. The minimum Gasteiger partial charge on any atom is -0.390 e. The summed E-state index contributed by atoms with van der Waals surface area (Å²) in [5, 5.41) is 9.31. The lowest BCUT2D eigenvalue weighted by Gasteiger charge is -2.12. The van der Waals surface area contributed by atoms with Crippen LogP contribution in [-0.2, 0) is 13.0 Å². The quantitative estimate of drug-likeness (QED) is 0.847. The molecular formula is C13H20N2O. The first-order chi connectivity index (χ1) is 7.61. The van der Waals surface area contributed by atoms with Gasteiger partial charge in [0.05, 0.1) is 12.3 Å². The summed E-state index contributed by atoms with van der Waals surface area (Å²) in [6.07, 6.45) is 3.38. The third-order valence-electron chi connectivity index (χ3n) is 3.06. The van der Waals surface area contributed by atoms with E-state index in [1.54, 1.807) is 0 Å². The van der Waals surface area contributed by atoms with Crippen LogP contribution in [0.4, 0.5) is 0 Å². The van der Waals surface area contributed by atoms with E-state index >= 15 is 0 Å². The summed E-state index contributed by atoms with van der Waals surface area (Å²) in [6, 6.07) is 0. The second kappa shape index (κ2) is 4.50. The Morgan fingerprint density at radius 2 is 1.88 bits per heavy atom. The molecule has 0 spiro atoms. The predicted molar refractivity (Wildman–Crippen MR) is 63.2 cm³/mol. The number of aromatic nitrogens is 2. The van der Waals surface area contributed by atoms with E-state index in [1.165, 1.54) is 12.8 Å². The van der Waals surface area contributed by atoms with Crippen LogP contribution in [0.5, 0.6) is 0 Å². The minimum absolute atomic E-state index is 0.0270. The van der Waals surface area contributed by atoms with Crippen LogP contribution in [0.3, 0.4) is 0 Å². The molecule has 0 aliphatic heterocycles. The van der Waals surface area contributed by atoms with Gasteiger partial charge in [-0.25, -0.2) is 9.97 Å². The van der Waals surface area contributed by atoms with E-state index in [1.807, 2.05) is 6.92 Å². The van der Waals surface area contributed by atoms with Crippen LogP contribution in [0.25, 0.3) is 0 Å². The van der Waals surface area contributed by atoms with Gasteiger partial charge in [-0.05, 0) is 37.7 Å². The molecule has 1 aliphatic carbocycles. The summed E-state index contributed by atoms with van der Waals surface area (Å²) < 4.78 is 0. The number of hydrogen-bond donors (Lipinski definition) is 1. The zero-order valence-corrected chi connectivity index (χ0v) is 10.3. The fourth-order valence-electron chi connectivity index (χ4n) is 1.90. The molecule has 88 valence electrons. The van der Waals surface area contributed by atoms with Crippen molar-refractivity contribution in [3.05, 3.63) is 22.8 Å². The lowest BCUT2D eigenvalue weighted by molar-refractivity contribution is 0.275. The van der Waals surface area contributed by atoms with Gasteiger partial charge in [0, 0.05) is 11.6 Å². The van der Waals surface area contributed by atoms with Crippen molar-refractivity contribution in [3.63, 3.8) is 0 Å². The number of aliphatic hydroxyl groups excluding tert-OH is 1. The highest BCUT2D eigenvalue weighted by atomic mass is 16.3. The molecule has 16 heavy (non-hydrogen) atoms. The highest BCUT2D eigenvalue weighted by Gasteiger charge is 2.28. The van der Waals surface area contributed by atoms with Crippen LogP contribution in [0, 0.1) is 12.8 Å². The molecule has 3 heteroatoms. The molecule has 0 amide bonds. The van der Waals surface area contributed by atoms with Crippen LogP contribution < -0.4 is 0 Å². The average Bonchev–Trinajstić information content (AvgIpc) is 3.04. The zero-order chi connectivity index (χ0) is 11.7. The molecule has 1 aliphatic rings. The van der Waals surface area contributed by atoms with Gasteiger partial charge in [0.2, 0.25) is 0 Å². The molecule has 1 saturated carbocycles. The van der Waals surface area contributed by atoms with E-state index in [4.69, 9.17) is 0 Å². The maximum absolute atomic E-state index is 9.31. The van der Waals surface area contributed by atoms with Gasteiger partial charge in [-0.2, -0.15) is 0 Å². The van der Waals surface area contributed by atoms with Gasteiger partial charge in [0.1, 0.15) is 5.82 Å². The topological polar surface area (TPSA) is 46.0 Å². The van der Waals surface area contributed by atoms with E-state index in [9.17, 15) is 5.11 Å². The van der Waals surface area contributed by atoms with Crippen molar-refractivity contribution in [1.29, 1.82) is 0 Å². The van der Waals surface area contributed by atoms with E-state index in [-0.39, 0.29) is 6.61 Å². The third kappa shape index (κ3) is 2.40. The summed E-state index contributed by atoms with van der Waals surface area (Å²) >= 11 is 0. The normalized spacial score (nSPS) is 15.8. The monoisotopic (exact) mass is 220 g/mol. The summed E-state index contributed by atoms with van der Waals surface area (Å²) in [6.45, 7) is 6.42. The molecule has 0 bridgehead atoms. The van der Waals surface area contributed by atoms with Crippen LogP contribution in [0.1, 0.15) is 55.4 Å². The first kappa shape index (κ1) is 11.5. The van der Waals surface area contributed by atoms with Gasteiger partial charge in [0.15, 0.2) is 0 Å². The van der Waals surface area contributed by atoms with Gasteiger partial charge >= 0.3 is 0 Å². The first-order valence-electron chi connectivity index (χ1n) is 6.09. The van der Waals surface area contributed by atoms with Gasteiger partial charge < -0.3 is 5.11 Å². The summed E-state index contributed by atoms with van der Waals surface area (Å²) in [5.41, 5.74) is 3.00. The maximum atomic E-state index is 9.31. The number of nitrogens with zero attached hydrogens (tertiary/aromatic N) is 2. The predicted octanol–water partition coefficient (Wildman–Crippen LogP) is 2.35. The van der Waals surface area contributed by atoms with Gasteiger partial charge in [0.25, 0.3) is 0 Å². The van der Waals surface area contributed by atoms with Crippen LogP contribution >= 0.6 is 0 Å². The summed E-state index contributed by atoms with van der Waals surface area (Å²) in [4.78, 5) is 9.12. The molecular weight excluding hydrogens is 200 g/mol.